The van der Waals surface area contributed by atoms with Crippen LogP contribution in [-0.4, -0.2) is 12.6 Å². The zero-order valence-corrected chi connectivity index (χ0v) is 9.77. The van der Waals surface area contributed by atoms with Crippen molar-refractivity contribution in [1.82, 2.24) is 0 Å². The Morgan fingerprint density at radius 3 is 2.62 bits per heavy atom. The second-order valence-corrected chi connectivity index (χ2v) is 3.57. The zero-order chi connectivity index (χ0) is 8.97. The predicted molar refractivity (Wildman–Crippen MR) is 60.5 cm³/mol. The second kappa shape index (κ2) is 6.24. The van der Waals surface area contributed by atoms with Gasteiger partial charge in [0.2, 0.25) is 0 Å². The average Bonchev–Trinajstić information content (AvgIpc) is 2.03. The Morgan fingerprint density at radius 2 is 2.08 bits per heavy atom. The molecule has 1 unspecified atom stereocenters. The van der Waals surface area contributed by atoms with E-state index in [1.54, 1.807) is 0 Å². The third-order valence-corrected chi connectivity index (χ3v) is 1.99. The molecule has 1 aromatic carbocycles. The largest absolute Gasteiger partial charge is 0.491 e. The minimum absolute atomic E-state index is 0. The first-order valence-electron chi connectivity index (χ1n) is 3.83. The lowest BCUT2D eigenvalue weighted by atomic mass is 10.3. The maximum Gasteiger partial charge on any atom is 0.133 e. The Morgan fingerprint density at radius 1 is 1.46 bits per heavy atom. The van der Waals surface area contributed by atoms with Crippen molar-refractivity contribution in [3.8, 4) is 5.75 Å². The maximum atomic E-state index is 5.55. The second-order valence-electron chi connectivity index (χ2n) is 2.72. The highest BCUT2D eigenvalue weighted by molar-refractivity contribution is 9.10. The molecule has 0 saturated carbocycles. The lowest BCUT2D eigenvalue weighted by Gasteiger charge is -2.09. The standard InChI is InChI=1S/C9H12BrNO.ClH/c1-7(11)6-12-9-5-3-2-4-8(9)10;/h2-5,7H,6,11H2,1H3;1H. The summed E-state index contributed by atoms with van der Waals surface area (Å²) in [6.45, 7) is 2.46. The summed E-state index contributed by atoms with van der Waals surface area (Å²) in [5.41, 5.74) is 5.55. The van der Waals surface area contributed by atoms with Gasteiger partial charge in [-0.25, -0.2) is 0 Å². The van der Waals surface area contributed by atoms with Crippen LogP contribution < -0.4 is 10.5 Å². The van der Waals surface area contributed by atoms with Crippen LogP contribution in [0.1, 0.15) is 6.92 Å². The third-order valence-electron chi connectivity index (χ3n) is 1.34. The summed E-state index contributed by atoms with van der Waals surface area (Å²) in [7, 11) is 0. The summed E-state index contributed by atoms with van der Waals surface area (Å²) in [5, 5.41) is 0. The van der Waals surface area contributed by atoms with Gasteiger partial charge in [0, 0.05) is 6.04 Å². The van der Waals surface area contributed by atoms with Crippen LogP contribution in [0.25, 0.3) is 0 Å². The Kier molecular flexibility index (Phi) is 6.12. The van der Waals surface area contributed by atoms with Crippen molar-refractivity contribution in [3.05, 3.63) is 28.7 Å². The normalized spacial score (nSPS) is 11.6. The first-order chi connectivity index (χ1) is 5.70. The van der Waals surface area contributed by atoms with Crippen LogP contribution in [0.5, 0.6) is 5.75 Å². The Labute approximate surface area is 93.0 Å². The highest BCUT2D eigenvalue weighted by atomic mass is 79.9. The van der Waals surface area contributed by atoms with Crippen molar-refractivity contribution in [2.75, 3.05) is 6.61 Å². The topological polar surface area (TPSA) is 35.2 Å². The number of nitrogens with two attached hydrogens (primary N) is 1. The molecule has 0 amide bonds. The molecular weight excluding hydrogens is 253 g/mol. The van der Waals surface area contributed by atoms with Crippen LogP contribution in [0, 0.1) is 0 Å². The van der Waals surface area contributed by atoms with E-state index in [2.05, 4.69) is 15.9 Å². The molecule has 4 heteroatoms. The van der Waals surface area contributed by atoms with Gasteiger partial charge in [-0.05, 0) is 35.0 Å². The number of hydrogen-bond donors (Lipinski definition) is 1. The molecule has 0 aliphatic carbocycles. The lowest BCUT2D eigenvalue weighted by molar-refractivity contribution is 0.294. The summed E-state index contributed by atoms with van der Waals surface area (Å²) in [5.74, 6) is 0.842. The summed E-state index contributed by atoms with van der Waals surface area (Å²) in [4.78, 5) is 0. The molecule has 2 nitrogen and oxygen atoms in total. The fraction of sp³-hybridized carbons (Fsp3) is 0.333. The van der Waals surface area contributed by atoms with Crippen LogP contribution in [0.2, 0.25) is 0 Å². The third kappa shape index (κ3) is 4.50. The number of benzene rings is 1. The summed E-state index contributed by atoms with van der Waals surface area (Å²) < 4.78 is 6.39. The predicted octanol–water partition coefficient (Wildman–Crippen LogP) is 2.60. The van der Waals surface area contributed by atoms with E-state index in [0.717, 1.165) is 10.2 Å². The number of rotatable bonds is 3. The van der Waals surface area contributed by atoms with Crippen LogP contribution in [0.3, 0.4) is 0 Å². The monoisotopic (exact) mass is 265 g/mol. The van der Waals surface area contributed by atoms with Gasteiger partial charge in [-0.2, -0.15) is 0 Å². The molecule has 0 aliphatic heterocycles. The highest BCUT2D eigenvalue weighted by Crippen LogP contribution is 2.23. The van der Waals surface area contributed by atoms with Gasteiger partial charge in [0.25, 0.3) is 0 Å². The van der Waals surface area contributed by atoms with Gasteiger partial charge in [-0.15, -0.1) is 12.4 Å². The molecule has 1 rings (SSSR count). The van der Waals surface area contributed by atoms with E-state index in [9.17, 15) is 0 Å². The van der Waals surface area contributed by atoms with Gasteiger partial charge < -0.3 is 10.5 Å². The molecule has 0 saturated heterocycles. The van der Waals surface area contributed by atoms with Gasteiger partial charge in [-0.1, -0.05) is 12.1 Å². The van der Waals surface area contributed by atoms with Crippen molar-refractivity contribution in [2.45, 2.75) is 13.0 Å². The number of halogens is 2. The molecule has 0 heterocycles. The van der Waals surface area contributed by atoms with Crippen LogP contribution in [-0.2, 0) is 0 Å². The van der Waals surface area contributed by atoms with E-state index in [-0.39, 0.29) is 18.4 Å². The molecule has 1 atom stereocenters. The Balaban J connectivity index is 0.00000144. The molecule has 1 aromatic rings. The summed E-state index contributed by atoms with van der Waals surface area (Å²) in [6, 6.07) is 7.80. The molecular formula is C9H13BrClNO. The van der Waals surface area contributed by atoms with Crippen molar-refractivity contribution in [3.63, 3.8) is 0 Å². The van der Waals surface area contributed by atoms with Gasteiger partial charge in [-0.3, -0.25) is 0 Å². The molecule has 0 radical (unpaired) electrons. The van der Waals surface area contributed by atoms with Crippen molar-refractivity contribution >= 4 is 28.3 Å². The fourth-order valence-corrected chi connectivity index (χ4v) is 1.18. The van der Waals surface area contributed by atoms with Crippen LogP contribution >= 0.6 is 28.3 Å². The Hall–Kier alpha value is -0.250. The number of hydrogen-bond acceptors (Lipinski definition) is 2. The van der Waals surface area contributed by atoms with E-state index < -0.39 is 0 Å². The first kappa shape index (κ1) is 12.8. The molecule has 0 spiro atoms. The average molecular weight is 267 g/mol. The van der Waals surface area contributed by atoms with Crippen molar-refractivity contribution < 1.29 is 4.74 Å². The van der Waals surface area contributed by atoms with Crippen molar-refractivity contribution in [1.29, 1.82) is 0 Å². The highest BCUT2D eigenvalue weighted by Gasteiger charge is 1.99. The molecule has 0 bridgehead atoms. The first-order valence-corrected chi connectivity index (χ1v) is 4.62. The zero-order valence-electron chi connectivity index (χ0n) is 7.37. The molecule has 74 valence electrons. The van der Waals surface area contributed by atoms with Gasteiger partial charge >= 0.3 is 0 Å². The molecule has 0 fully saturated rings. The molecule has 2 N–H and O–H groups in total. The van der Waals surface area contributed by atoms with E-state index >= 15 is 0 Å². The smallest absolute Gasteiger partial charge is 0.133 e. The quantitative estimate of drug-likeness (QED) is 0.913. The molecule has 13 heavy (non-hydrogen) atoms. The maximum absolute atomic E-state index is 5.55. The van der Waals surface area contributed by atoms with Crippen molar-refractivity contribution in [2.24, 2.45) is 5.73 Å². The van der Waals surface area contributed by atoms with E-state index in [1.165, 1.54) is 0 Å². The minimum Gasteiger partial charge on any atom is -0.491 e. The lowest BCUT2D eigenvalue weighted by Crippen LogP contribution is -2.23. The van der Waals surface area contributed by atoms with Crippen LogP contribution in [0.4, 0.5) is 0 Å². The molecule has 0 aliphatic rings. The summed E-state index contributed by atoms with van der Waals surface area (Å²) in [6.07, 6.45) is 0. The molecule has 0 aromatic heterocycles. The minimum atomic E-state index is 0. The Bertz CT molecular complexity index is 255. The van der Waals surface area contributed by atoms with Gasteiger partial charge in [0.05, 0.1) is 4.47 Å². The van der Waals surface area contributed by atoms with E-state index in [0.29, 0.717) is 6.61 Å². The van der Waals surface area contributed by atoms with E-state index in [1.807, 2.05) is 31.2 Å². The number of ether oxygens (including phenoxy) is 1. The number of para-hydroxylation sites is 1. The fourth-order valence-electron chi connectivity index (χ4n) is 0.783. The summed E-state index contributed by atoms with van der Waals surface area (Å²) >= 11 is 3.38. The van der Waals surface area contributed by atoms with Gasteiger partial charge in [0.1, 0.15) is 12.4 Å². The SMILES string of the molecule is CC(N)COc1ccccc1Br.Cl. The van der Waals surface area contributed by atoms with Crippen LogP contribution in [0.15, 0.2) is 28.7 Å². The van der Waals surface area contributed by atoms with E-state index in [4.69, 9.17) is 10.5 Å². The van der Waals surface area contributed by atoms with Gasteiger partial charge in [0.15, 0.2) is 0 Å².